The van der Waals surface area contributed by atoms with Crippen molar-refractivity contribution in [2.24, 2.45) is 0 Å². The number of halogens is 2. The minimum absolute atomic E-state index is 0.319. The number of hydrogen-bond acceptors (Lipinski definition) is 1. The summed E-state index contributed by atoms with van der Waals surface area (Å²) < 4.78 is 13.6. The van der Waals surface area contributed by atoms with Crippen molar-refractivity contribution in [1.82, 2.24) is 9.97 Å². The van der Waals surface area contributed by atoms with Crippen LogP contribution >= 0.6 is 11.6 Å². The molecule has 0 atom stereocenters. The number of aromatic nitrogens is 2. The van der Waals surface area contributed by atoms with E-state index in [0.717, 1.165) is 11.1 Å². The standard InChI is InChI=1S/C14H10ClFN2/c1-8-7-9(5-6-10(8)15)14-17-12-4-2-3-11(16)13(12)18-14/h2-7H,1H3,(H,17,18). The van der Waals surface area contributed by atoms with Crippen LogP contribution in [-0.2, 0) is 0 Å². The third kappa shape index (κ3) is 1.77. The summed E-state index contributed by atoms with van der Waals surface area (Å²) in [5, 5.41) is 0.709. The Kier molecular flexibility index (Phi) is 2.56. The summed E-state index contributed by atoms with van der Waals surface area (Å²) in [6.07, 6.45) is 0. The monoisotopic (exact) mass is 260 g/mol. The molecule has 2 nitrogen and oxygen atoms in total. The lowest BCUT2D eigenvalue weighted by Crippen LogP contribution is -1.82. The maximum atomic E-state index is 13.6. The van der Waals surface area contributed by atoms with Crippen molar-refractivity contribution in [3.05, 3.63) is 52.8 Å². The highest BCUT2D eigenvalue weighted by atomic mass is 35.5. The molecule has 0 amide bonds. The first-order valence-electron chi connectivity index (χ1n) is 5.56. The van der Waals surface area contributed by atoms with Crippen molar-refractivity contribution in [2.75, 3.05) is 0 Å². The normalized spacial score (nSPS) is 11.1. The molecule has 0 unspecified atom stereocenters. The largest absolute Gasteiger partial charge is 0.338 e. The summed E-state index contributed by atoms with van der Waals surface area (Å²) in [5.74, 6) is 0.329. The van der Waals surface area contributed by atoms with Crippen molar-refractivity contribution in [3.8, 4) is 11.4 Å². The van der Waals surface area contributed by atoms with Gasteiger partial charge in [0.15, 0.2) is 5.82 Å². The Morgan fingerprint density at radius 2 is 2.06 bits per heavy atom. The van der Waals surface area contributed by atoms with Crippen LogP contribution in [0.4, 0.5) is 4.39 Å². The molecule has 3 rings (SSSR count). The average Bonchev–Trinajstić information content (AvgIpc) is 2.78. The molecule has 0 saturated heterocycles. The Morgan fingerprint density at radius 3 is 2.78 bits per heavy atom. The Labute approximate surface area is 108 Å². The molecular weight excluding hydrogens is 251 g/mol. The van der Waals surface area contributed by atoms with E-state index in [1.165, 1.54) is 6.07 Å². The summed E-state index contributed by atoms with van der Waals surface area (Å²) >= 11 is 5.98. The maximum Gasteiger partial charge on any atom is 0.151 e. The quantitative estimate of drug-likeness (QED) is 0.693. The number of nitrogens with zero attached hydrogens (tertiary/aromatic N) is 1. The van der Waals surface area contributed by atoms with E-state index in [-0.39, 0.29) is 5.82 Å². The lowest BCUT2D eigenvalue weighted by atomic mass is 10.1. The second-order valence-corrected chi connectivity index (χ2v) is 4.59. The van der Waals surface area contributed by atoms with Gasteiger partial charge in [-0.1, -0.05) is 17.7 Å². The van der Waals surface area contributed by atoms with Crippen LogP contribution in [0.1, 0.15) is 5.56 Å². The van der Waals surface area contributed by atoms with Gasteiger partial charge in [0.1, 0.15) is 11.3 Å². The summed E-state index contributed by atoms with van der Waals surface area (Å²) in [6.45, 7) is 1.93. The van der Waals surface area contributed by atoms with E-state index in [9.17, 15) is 4.39 Å². The fourth-order valence-electron chi connectivity index (χ4n) is 1.93. The van der Waals surface area contributed by atoms with Gasteiger partial charge in [0.05, 0.1) is 5.52 Å². The number of fused-ring (bicyclic) bond motifs is 1. The molecule has 18 heavy (non-hydrogen) atoms. The van der Waals surface area contributed by atoms with Crippen LogP contribution in [0.25, 0.3) is 22.4 Å². The molecule has 1 heterocycles. The molecular formula is C14H10ClFN2. The lowest BCUT2D eigenvalue weighted by molar-refractivity contribution is 0.637. The van der Waals surface area contributed by atoms with E-state index in [2.05, 4.69) is 9.97 Å². The predicted octanol–water partition coefficient (Wildman–Crippen LogP) is 4.33. The van der Waals surface area contributed by atoms with Gasteiger partial charge in [-0.05, 0) is 42.8 Å². The van der Waals surface area contributed by atoms with Crippen molar-refractivity contribution < 1.29 is 4.39 Å². The molecule has 0 aliphatic carbocycles. The fraction of sp³-hybridized carbons (Fsp3) is 0.0714. The van der Waals surface area contributed by atoms with Crippen LogP contribution < -0.4 is 0 Å². The van der Waals surface area contributed by atoms with Crippen LogP contribution in [0.15, 0.2) is 36.4 Å². The SMILES string of the molecule is Cc1cc(-c2nc3c(F)cccc3[nH]2)ccc1Cl. The summed E-state index contributed by atoms with van der Waals surface area (Å²) in [4.78, 5) is 7.38. The zero-order valence-electron chi connectivity index (χ0n) is 9.67. The molecule has 0 radical (unpaired) electrons. The molecule has 3 aromatic rings. The second kappa shape index (κ2) is 4.10. The lowest BCUT2D eigenvalue weighted by Gasteiger charge is -2.00. The minimum Gasteiger partial charge on any atom is -0.338 e. The van der Waals surface area contributed by atoms with Crippen LogP contribution in [0, 0.1) is 12.7 Å². The van der Waals surface area contributed by atoms with Crippen LogP contribution in [0.2, 0.25) is 5.02 Å². The van der Waals surface area contributed by atoms with Gasteiger partial charge in [0.25, 0.3) is 0 Å². The first-order chi connectivity index (χ1) is 8.65. The zero-order chi connectivity index (χ0) is 12.7. The highest BCUT2D eigenvalue weighted by Crippen LogP contribution is 2.25. The number of hydrogen-bond donors (Lipinski definition) is 1. The number of aromatic amines is 1. The van der Waals surface area contributed by atoms with Gasteiger partial charge in [-0.15, -0.1) is 0 Å². The van der Waals surface area contributed by atoms with E-state index in [0.29, 0.717) is 21.9 Å². The van der Waals surface area contributed by atoms with Gasteiger partial charge in [-0.25, -0.2) is 9.37 Å². The van der Waals surface area contributed by atoms with Crippen LogP contribution in [0.3, 0.4) is 0 Å². The van der Waals surface area contributed by atoms with E-state index in [1.54, 1.807) is 12.1 Å². The highest BCUT2D eigenvalue weighted by molar-refractivity contribution is 6.31. The molecule has 1 aromatic heterocycles. The predicted molar refractivity (Wildman–Crippen MR) is 71.2 cm³/mol. The molecule has 0 saturated carbocycles. The number of benzene rings is 2. The zero-order valence-corrected chi connectivity index (χ0v) is 10.4. The number of rotatable bonds is 1. The molecule has 0 aliphatic heterocycles. The van der Waals surface area contributed by atoms with E-state index in [1.807, 2.05) is 25.1 Å². The smallest absolute Gasteiger partial charge is 0.151 e. The van der Waals surface area contributed by atoms with E-state index >= 15 is 0 Å². The first-order valence-corrected chi connectivity index (χ1v) is 5.94. The van der Waals surface area contributed by atoms with Crippen molar-refractivity contribution in [3.63, 3.8) is 0 Å². The number of H-pyrrole nitrogens is 1. The Bertz CT molecular complexity index is 734. The summed E-state index contributed by atoms with van der Waals surface area (Å²) in [5.41, 5.74) is 2.92. The average molecular weight is 261 g/mol. The summed E-state index contributed by atoms with van der Waals surface area (Å²) in [7, 11) is 0. The third-order valence-corrected chi connectivity index (χ3v) is 3.32. The molecule has 4 heteroatoms. The van der Waals surface area contributed by atoms with Crippen molar-refractivity contribution >= 4 is 22.6 Å². The van der Waals surface area contributed by atoms with Crippen LogP contribution in [0.5, 0.6) is 0 Å². The molecule has 1 N–H and O–H groups in total. The van der Waals surface area contributed by atoms with Crippen molar-refractivity contribution in [2.45, 2.75) is 6.92 Å². The molecule has 90 valence electrons. The fourth-order valence-corrected chi connectivity index (χ4v) is 2.04. The van der Waals surface area contributed by atoms with Gasteiger partial charge < -0.3 is 4.98 Å². The van der Waals surface area contributed by atoms with Crippen LogP contribution in [-0.4, -0.2) is 9.97 Å². The molecule has 0 aliphatic rings. The highest BCUT2D eigenvalue weighted by Gasteiger charge is 2.09. The van der Waals surface area contributed by atoms with E-state index in [4.69, 9.17) is 11.6 Å². The van der Waals surface area contributed by atoms with Gasteiger partial charge in [0, 0.05) is 10.6 Å². The number of para-hydroxylation sites is 1. The van der Waals surface area contributed by atoms with Gasteiger partial charge in [-0.3, -0.25) is 0 Å². The second-order valence-electron chi connectivity index (χ2n) is 4.19. The third-order valence-electron chi connectivity index (χ3n) is 2.89. The number of aryl methyl sites for hydroxylation is 1. The minimum atomic E-state index is -0.319. The van der Waals surface area contributed by atoms with E-state index < -0.39 is 0 Å². The first kappa shape index (κ1) is 11.2. The molecule has 0 bridgehead atoms. The Balaban J connectivity index is 2.19. The Hall–Kier alpha value is -1.87. The maximum absolute atomic E-state index is 13.6. The summed E-state index contributed by atoms with van der Waals surface area (Å²) in [6, 6.07) is 10.5. The molecule has 0 fully saturated rings. The molecule has 0 spiro atoms. The van der Waals surface area contributed by atoms with Gasteiger partial charge in [0.2, 0.25) is 0 Å². The topological polar surface area (TPSA) is 28.7 Å². The number of imidazole rings is 1. The Morgan fingerprint density at radius 1 is 1.22 bits per heavy atom. The molecule has 2 aromatic carbocycles. The number of nitrogens with one attached hydrogen (secondary N) is 1. The van der Waals surface area contributed by atoms with Crippen molar-refractivity contribution in [1.29, 1.82) is 0 Å². The van der Waals surface area contributed by atoms with Gasteiger partial charge >= 0.3 is 0 Å². The van der Waals surface area contributed by atoms with Gasteiger partial charge in [-0.2, -0.15) is 0 Å².